The molecule has 4 aromatic rings. The minimum absolute atomic E-state index is 0.124. The molecule has 0 aliphatic rings. The van der Waals surface area contributed by atoms with Gasteiger partial charge in [0.1, 0.15) is 17.2 Å². The van der Waals surface area contributed by atoms with Gasteiger partial charge < -0.3 is 8.92 Å². The smallest absolute Gasteiger partial charge is 0.206 e. The molecular weight excluding hydrogens is 476 g/mol. The second-order valence-electron chi connectivity index (χ2n) is 9.15. The normalized spacial score (nSPS) is 11.8. The van der Waals surface area contributed by atoms with Gasteiger partial charge in [0.05, 0.1) is 21.8 Å². The molecule has 0 heterocycles. The van der Waals surface area contributed by atoms with Gasteiger partial charge in [-0.05, 0) is 82.8 Å². The standard InChI is InChI=1S/C29H28O4S2/c1-29(2,3)23-9-5-21(6-10-23)22-7-11-24(12-8-22)32-25-13-17-27(18-14-25)35(30,31)28-19-15-26(16-20-28)33-34-4/h5-20H,1-4H3. The number of sulfone groups is 1. The van der Waals surface area contributed by atoms with Crippen molar-refractivity contribution < 1.29 is 17.3 Å². The molecule has 0 aliphatic carbocycles. The summed E-state index contributed by atoms with van der Waals surface area (Å²) in [6.07, 6.45) is 1.80. The summed E-state index contributed by atoms with van der Waals surface area (Å²) in [6.45, 7) is 6.61. The first kappa shape index (κ1) is 24.9. The Balaban J connectivity index is 1.45. The summed E-state index contributed by atoms with van der Waals surface area (Å²) in [5, 5.41) is 0. The van der Waals surface area contributed by atoms with Crippen LogP contribution in [-0.4, -0.2) is 14.7 Å². The fourth-order valence-corrected chi connectivity index (χ4v) is 5.17. The zero-order valence-electron chi connectivity index (χ0n) is 20.2. The lowest BCUT2D eigenvalue weighted by molar-refractivity contribution is 0.482. The van der Waals surface area contributed by atoms with Gasteiger partial charge >= 0.3 is 0 Å². The molecule has 35 heavy (non-hydrogen) atoms. The highest BCUT2D eigenvalue weighted by Crippen LogP contribution is 2.30. The maximum Gasteiger partial charge on any atom is 0.206 e. The summed E-state index contributed by atoms with van der Waals surface area (Å²) in [5.41, 5.74) is 3.67. The SMILES string of the molecule is CSOc1ccc(S(=O)(=O)c2ccc(Oc3ccc(-c4ccc(C(C)(C)C)cc4)cc3)cc2)cc1. The molecule has 0 radical (unpaired) electrons. The average Bonchev–Trinajstić information content (AvgIpc) is 2.85. The van der Waals surface area contributed by atoms with Crippen LogP contribution < -0.4 is 8.92 Å². The van der Waals surface area contributed by atoms with E-state index in [1.807, 2.05) is 24.3 Å². The van der Waals surface area contributed by atoms with Gasteiger partial charge in [-0.2, -0.15) is 0 Å². The van der Waals surface area contributed by atoms with Gasteiger partial charge in [0, 0.05) is 6.26 Å². The monoisotopic (exact) mass is 504 g/mol. The molecule has 0 saturated carbocycles. The molecule has 0 amide bonds. The summed E-state index contributed by atoms with van der Waals surface area (Å²) < 4.78 is 37.1. The molecule has 0 aliphatic heterocycles. The van der Waals surface area contributed by atoms with Crippen LogP contribution in [-0.2, 0) is 15.3 Å². The van der Waals surface area contributed by atoms with Crippen molar-refractivity contribution in [1.29, 1.82) is 0 Å². The van der Waals surface area contributed by atoms with Crippen molar-refractivity contribution >= 4 is 21.9 Å². The van der Waals surface area contributed by atoms with Gasteiger partial charge in [-0.1, -0.05) is 57.2 Å². The second kappa shape index (κ2) is 10.2. The minimum Gasteiger partial charge on any atom is -0.457 e. The van der Waals surface area contributed by atoms with Crippen LogP contribution in [0, 0.1) is 0 Å². The van der Waals surface area contributed by atoms with Crippen LogP contribution in [0.3, 0.4) is 0 Å². The van der Waals surface area contributed by atoms with E-state index in [0.29, 0.717) is 17.2 Å². The van der Waals surface area contributed by atoms with Crippen molar-refractivity contribution in [3.63, 3.8) is 0 Å². The van der Waals surface area contributed by atoms with Crippen LogP contribution in [0.15, 0.2) is 107 Å². The minimum atomic E-state index is -3.63. The third-order valence-electron chi connectivity index (χ3n) is 5.62. The maximum absolute atomic E-state index is 12.9. The summed E-state index contributed by atoms with van der Waals surface area (Å²) in [4.78, 5) is 0.420. The van der Waals surface area contributed by atoms with Crippen molar-refractivity contribution in [3.8, 4) is 28.4 Å². The summed E-state index contributed by atoms with van der Waals surface area (Å²) in [6, 6.07) is 29.3. The molecular formula is C29H28O4S2. The Kier molecular flexibility index (Phi) is 7.24. The first-order chi connectivity index (χ1) is 16.7. The second-order valence-corrected chi connectivity index (χ2v) is 11.6. The van der Waals surface area contributed by atoms with E-state index in [4.69, 9.17) is 8.92 Å². The van der Waals surface area contributed by atoms with Crippen molar-refractivity contribution in [3.05, 3.63) is 103 Å². The van der Waals surface area contributed by atoms with E-state index >= 15 is 0 Å². The molecule has 0 fully saturated rings. The van der Waals surface area contributed by atoms with Gasteiger partial charge in [-0.3, -0.25) is 0 Å². The lowest BCUT2D eigenvalue weighted by Crippen LogP contribution is -2.10. The van der Waals surface area contributed by atoms with E-state index in [2.05, 4.69) is 45.0 Å². The lowest BCUT2D eigenvalue weighted by atomic mass is 9.86. The third kappa shape index (κ3) is 5.89. The fraction of sp³-hybridized carbons (Fsp3) is 0.172. The molecule has 180 valence electrons. The van der Waals surface area contributed by atoms with Crippen LogP contribution in [0.2, 0.25) is 0 Å². The van der Waals surface area contributed by atoms with Crippen molar-refractivity contribution in [2.75, 3.05) is 6.26 Å². The van der Waals surface area contributed by atoms with Gasteiger partial charge in [-0.25, -0.2) is 8.42 Å². The number of hydrogen-bond acceptors (Lipinski definition) is 5. The Labute approximate surface area is 212 Å². The number of ether oxygens (including phenoxy) is 1. The third-order valence-corrected chi connectivity index (χ3v) is 7.77. The van der Waals surface area contributed by atoms with E-state index in [9.17, 15) is 8.42 Å². The zero-order valence-corrected chi connectivity index (χ0v) is 21.8. The Hall–Kier alpha value is -3.22. The molecule has 0 saturated heterocycles. The van der Waals surface area contributed by atoms with Crippen LogP contribution in [0.4, 0.5) is 0 Å². The first-order valence-corrected chi connectivity index (χ1v) is 13.8. The molecule has 0 bridgehead atoms. The fourth-order valence-electron chi connectivity index (χ4n) is 3.61. The Bertz CT molecular complexity index is 1370. The number of hydrogen-bond donors (Lipinski definition) is 0. The lowest BCUT2D eigenvalue weighted by Gasteiger charge is -2.19. The predicted molar refractivity (Wildman–Crippen MR) is 143 cm³/mol. The van der Waals surface area contributed by atoms with Gasteiger partial charge in [0.25, 0.3) is 0 Å². The van der Waals surface area contributed by atoms with Gasteiger partial charge in [0.15, 0.2) is 0 Å². The van der Waals surface area contributed by atoms with Crippen molar-refractivity contribution in [2.24, 2.45) is 0 Å². The van der Waals surface area contributed by atoms with Gasteiger partial charge in [0.2, 0.25) is 9.84 Å². The topological polar surface area (TPSA) is 52.6 Å². The summed E-state index contributed by atoms with van der Waals surface area (Å²) in [7, 11) is -3.63. The largest absolute Gasteiger partial charge is 0.457 e. The molecule has 0 unspecified atom stereocenters. The highest BCUT2D eigenvalue weighted by Gasteiger charge is 2.18. The van der Waals surface area contributed by atoms with Crippen LogP contribution in [0.25, 0.3) is 11.1 Å². The number of benzene rings is 4. The molecule has 0 atom stereocenters. The molecule has 6 heteroatoms. The van der Waals surface area contributed by atoms with E-state index in [1.165, 1.54) is 17.6 Å². The van der Waals surface area contributed by atoms with Crippen LogP contribution in [0.1, 0.15) is 26.3 Å². The Morgan fingerprint density at radius 1 is 0.600 bits per heavy atom. The van der Waals surface area contributed by atoms with E-state index in [1.54, 1.807) is 54.8 Å². The molecule has 4 rings (SSSR count). The van der Waals surface area contributed by atoms with Gasteiger partial charge in [-0.15, -0.1) is 0 Å². The zero-order chi connectivity index (χ0) is 25.1. The summed E-state index contributed by atoms with van der Waals surface area (Å²) >= 11 is 1.20. The number of rotatable bonds is 7. The molecule has 4 nitrogen and oxygen atoms in total. The van der Waals surface area contributed by atoms with E-state index < -0.39 is 9.84 Å². The molecule has 0 aromatic heterocycles. The van der Waals surface area contributed by atoms with Crippen LogP contribution in [0.5, 0.6) is 17.2 Å². The Morgan fingerprint density at radius 3 is 1.43 bits per heavy atom. The highest BCUT2D eigenvalue weighted by molar-refractivity contribution is 7.94. The molecule has 0 spiro atoms. The Morgan fingerprint density at radius 2 is 1.00 bits per heavy atom. The molecule has 0 N–H and O–H groups in total. The van der Waals surface area contributed by atoms with E-state index in [-0.39, 0.29) is 15.2 Å². The van der Waals surface area contributed by atoms with Crippen LogP contribution >= 0.6 is 12.0 Å². The predicted octanol–water partition coefficient (Wildman–Crippen LogP) is 7.93. The average molecular weight is 505 g/mol. The maximum atomic E-state index is 12.9. The quantitative estimate of drug-likeness (QED) is 0.239. The first-order valence-electron chi connectivity index (χ1n) is 11.2. The van der Waals surface area contributed by atoms with E-state index in [0.717, 1.165) is 11.1 Å². The van der Waals surface area contributed by atoms with Crippen molar-refractivity contribution in [1.82, 2.24) is 0 Å². The summed E-state index contributed by atoms with van der Waals surface area (Å²) in [5.74, 6) is 1.85. The molecule has 4 aromatic carbocycles. The van der Waals surface area contributed by atoms with Crippen molar-refractivity contribution in [2.45, 2.75) is 36.0 Å². The highest BCUT2D eigenvalue weighted by atomic mass is 32.2.